The molecule has 0 atom stereocenters. The van der Waals surface area contributed by atoms with E-state index in [-0.39, 0.29) is 0 Å². The lowest BCUT2D eigenvalue weighted by Gasteiger charge is -2.09. The van der Waals surface area contributed by atoms with E-state index >= 15 is 0 Å². The van der Waals surface area contributed by atoms with Gasteiger partial charge in [0.25, 0.3) is 0 Å². The highest BCUT2D eigenvalue weighted by Crippen LogP contribution is 2.02. The van der Waals surface area contributed by atoms with Crippen molar-refractivity contribution in [3.05, 3.63) is 29.6 Å². The molecule has 1 aromatic rings. The first-order valence-corrected chi connectivity index (χ1v) is 7.09. The summed E-state index contributed by atoms with van der Waals surface area (Å²) in [6, 6.07) is 4.17. The Bertz CT molecular complexity index is 325. The first kappa shape index (κ1) is 16.1. The van der Waals surface area contributed by atoms with Gasteiger partial charge in [0.15, 0.2) is 0 Å². The van der Waals surface area contributed by atoms with Crippen molar-refractivity contribution < 1.29 is 4.74 Å². The molecule has 0 spiro atoms. The second kappa shape index (κ2) is 9.89. The number of rotatable bonds is 10. The van der Waals surface area contributed by atoms with Gasteiger partial charge in [0, 0.05) is 19.3 Å². The number of hydrogen-bond acceptors (Lipinski definition) is 4. The average Bonchev–Trinajstić information content (AvgIpc) is 2.40. The van der Waals surface area contributed by atoms with Gasteiger partial charge in [-0.25, -0.2) is 0 Å². The van der Waals surface area contributed by atoms with Gasteiger partial charge in [-0.05, 0) is 51.7 Å². The SMILES string of the molecule is CCCNCc1ccc(COCCCN(C)C)nc1. The molecule has 1 heterocycles. The molecule has 1 aromatic heterocycles. The maximum atomic E-state index is 5.60. The third-order valence-electron chi connectivity index (χ3n) is 2.79. The summed E-state index contributed by atoms with van der Waals surface area (Å²) in [5.74, 6) is 0. The lowest BCUT2D eigenvalue weighted by Crippen LogP contribution is -2.15. The van der Waals surface area contributed by atoms with Crippen molar-refractivity contribution in [3.63, 3.8) is 0 Å². The molecule has 0 saturated carbocycles. The summed E-state index contributed by atoms with van der Waals surface area (Å²) in [5.41, 5.74) is 2.23. The van der Waals surface area contributed by atoms with Crippen molar-refractivity contribution in [3.8, 4) is 0 Å². The van der Waals surface area contributed by atoms with Crippen LogP contribution in [-0.4, -0.2) is 43.7 Å². The molecule has 4 nitrogen and oxygen atoms in total. The Morgan fingerprint density at radius 1 is 1.32 bits per heavy atom. The van der Waals surface area contributed by atoms with Gasteiger partial charge in [0.05, 0.1) is 12.3 Å². The molecule has 0 fully saturated rings. The van der Waals surface area contributed by atoms with Gasteiger partial charge in [-0.1, -0.05) is 13.0 Å². The van der Waals surface area contributed by atoms with E-state index in [2.05, 4.69) is 48.4 Å². The maximum absolute atomic E-state index is 5.60. The largest absolute Gasteiger partial charge is 0.375 e. The number of aromatic nitrogens is 1. The zero-order chi connectivity index (χ0) is 13.9. The van der Waals surface area contributed by atoms with E-state index in [1.807, 2.05) is 6.20 Å². The quantitative estimate of drug-likeness (QED) is 0.657. The highest BCUT2D eigenvalue weighted by Gasteiger charge is 1.97. The molecule has 19 heavy (non-hydrogen) atoms. The Labute approximate surface area is 117 Å². The predicted molar refractivity (Wildman–Crippen MR) is 79.1 cm³/mol. The van der Waals surface area contributed by atoms with E-state index in [4.69, 9.17) is 4.74 Å². The minimum Gasteiger partial charge on any atom is -0.375 e. The number of nitrogens with zero attached hydrogens (tertiary/aromatic N) is 2. The van der Waals surface area contributed by atoms with E-state index in [0.717, 1.165) is 44.8 Å². The van der Waals surface area contributed by atoms with Crippen molar-refractivity contribution in [2.75, 3.05) is 33.8 Å². The van der Waals surface area contributed by atoms with Crippen molar-refractivity contribution in [2.24, 2.45) is 0 Å². The van der Waals surface area contributed by atoms with Gasteiger partial charge in [0.2, 0.25) is 0 Å². The van der Waals surface area contributed by atoms with E-state index < -0.39 is 0 Å². The third-order valence-corrected chi connectivity index (χ3v) is 2.79. The van der Waals surface area contributed by atoms with Crippen LogP contribution in [0.2, 0.25) is 0 Å². The molecule has 0 aliphatic rings. The van der Waals surface area contributed by atoms with Crippen LogP contribution in [0, 0.1) is 0 Å². The minimum absolute atomic E-state index is 0.607. The number of pyridine rings is 1. The van der Waals surface area contributed by atoms with Crippen molar-refractivity contribution in [1.29, 1.82) is 0 Å². The Kier molecular flexibility index (Phi) is 8.38. The number of nitrogens with one attached hydrogen (secondary N) is 1. The van der Waals surface area contributed by atoms with Gasteiger partial charge in [-0.2, -0.15) is 0 Å². The normalized spacial score (nSPS) is 11.2. The summed E-state index contributed by atoms with van der Waals surface area (Å²) in [6.07, 6.45) is 4.15. The van der Waals surface area contributed by atoms with Crippen LogP contribution >= 0.6 is 0 Å². The summed E-state index contributed by atoms with van der Waals surface area (Å²) in [4.78, 5) is 6.58. The summed E-state index contributed by atoms with van der Waals surface area (Å²) >= 11 is 0. The minimum atomic E-state index is 0.607. The van der Waals surface area contributed by atoms with Crippen LogP contribution in [0.15, 0.2) is 18.3 Å². The topological polar surface area (TPSA) is 37.4 Å². The first-order valence-electron chi connectivity index (χ1n) is 7.09. The van der Waals surface area contributed by atoms with Crippen molar-refractivity contribution in [1.82, 2.24) is 15.2 Å². The molecule has 0 bridgehead atoms. The predicted octanol–water partition coefficient (Wildman–Crippen LogP) is 2.05. The molecule has 108 valence electrons. The molecule has 0 aliphatic carbocycles. The Morgan fingerprint density at radius 2 is 2.16 bits per heavy atom. The second-order valence-electron chi connectivity index (χ2n) is 5.04. The zero-order valence-electron chi connectivity index (χ0n) is 12.5. The highest BCUT2D eigenvalue weighted by atomic mass is 16.5. The van der Waals surface area contributed by atoms with Crippen LogP contribution in [0.3, 0.4) is 0 Å². The van der Waals surface area contributed by atoms with E-state index in [1.54, 1.807) is 0 Å². The maximum Gasteiger partial charge on any atom is 0.0887 e. The fourth-order valence-electron chi connectivity index (χ4n) is 1.71. The average molecular weight is 265 g/mol. The Morgan fingerprint density at radius 3 is 2.79 bits per heavy atom. The molecule has 0 radical (unpaired) electrons. The molecule has 4 heteroatoms. The molecule has 0 saturated heterocycles. The van der Waals surface area contributed by atoms with Crippen LogP contribution in [-0.2, 0) is 17.9 Å². The Balaban J connectivity index is 2.17. The van der Waals surface area contributed by atoms with E-state index in [9.17, 15) is 0 Å². The fourth-order valence-corrected chi connectivity index (χ4v) is 1.71. The number of ether oxygens (including phenoxy) is 1. The summed E-state index contributed by atoms with van der Waals surface area (Å²) < 4.78 is 5.60. The molecule has 1 rings (SSSR count). The lowest BCUT2D eigenvalue weighted by atomic mass is 10.2. The van der Waals surface area contributed by atoms with Crippen molar-refractivity contribution >= 4 is 0 Å². The van der Waals surface area contributed by atoms with E-state index in [0.29, 0.717) is 6.61 Å². The summed E-state index contributed by atoms with van der Waals surface area (Å²) in [7, 11) is 4.15. The molecule has 0 aliphatic heterocycles. The molecular weight excluding hydrogens is 238 g/mol. The van der Waals surface area contributed by atoms with Gasteiger partial charge < -0.3 is 15.0 Å². The van der Waals surface area contributed by atoms with Crippen molar-refractivity contribution in [2.45, 2.75) is 32.9 Å². The molecular formula is C15H27N3O. The monoisotopic (exact) mass is 265 g/mol. The van der Waals surface area contributed by atoms with Crippen LogP contribution in [0.25, 0.3) is 0 Å². The fraction of sp³-hybridized carbons (Fsp3) is 0.667. The smallest absolute Gasteiger partial charge is 0.0887 e. The molecule has 0 unspecified atom stereocenters. The molecule has 1 N–H and O–H groups in total. The van der Waals surface area contributed by atoms with Gasteiger partial charge in [-0.3, -0.25) is 4.98 Å². The second-order valence-corrected chi connectivity index (χ2v) is 5.04. The molecule has 0 amide bonds. The van der Waals surface area contributed by atoms with Crippen LogP contribution < -0.4 is 5.32 Å². The van der Waals surface area contributed by atoms with Crippen LogP contribution in [0.1, 0.15) is 31.0 Å². The van der Waals surface area contributed by atoms with Crippen LogP contribution in [0.4, 0.5) is 0 Å². The summed E-state index contributed by atoms with van der Waals surface area (Å²) in [5, 5.41) is 3.37. The molecule has 0 aromatic carbocycles. The van der Waals surface area contributed by atoms with Crippen LogP contribution in [0.5, 0.6) is 0 Å². The standard InChI is InChI=1S/C15H27N3O/c1-4-8-16-11-14-6-7-15(17-12-14)13-19-10-5-9-18(2)3/h6-7,12,16H,4-5,8-11,13H2,1-3H3. The van der Waals surface area contributed by atoms with Gasteiger partial charge >= 0.3 is 0 Å². The summed E-state index contributed by atoms with van der Waals surface area (Å²) in [6.45, 7) is 6.58. The highest BCUT2D eigenvalue weighted by molar-refractivity contribution is 5.13. The third kappa shape index (κ3) is 7.93. The van der Waals surface area contributed by atoms with E-state index in [1.165, 1.54) is 5.56 Å². The first-order chi connectivity index (χ1) is 9.22. The number of hydrogen-bond donors (Lipinski definition) is 1. The van der Waals surface area contributed by atoms with Gasteiger partial charge in [-0.15, -0.1) is 0 Å². The zero-order valence-corrected chi connectivity index (χ0v) is 12.5. The lowest BCUT2D eigenvalue weighted by molar-refractivity contribution is 0.110. The Hall–Kier alpha value is -0.970. The van der Waals surface area contributed by atoms with Gasteiger partial charge in [0.1, 0.15) is 0 Å².